The minimum atomic E-state index is -2.99. The van der Waals surface area contributed by atoms with Crippen molar-refractivity contribution in [3.8, 4) is 0 Å². The van der Waals surface area contributed by atoms with Crippen LogP contribution in [-0.4, -0.2) is 68.0 Å². The van der Waals surface area contributed by atoms with Crippen LogP contribution in [0.3, 0.4) is 0 Å². The van der Waals surface area contributed by atoms with Gasteiger partial charge in [0.1, 0.15) is 0 Å². The van der Waals surface area contributed by atoms with Crippen molar-refractivity contribution in [1.29, 1.82) is 0 Å². The van der Waals surface area contributed by atoms with Gasteiger partial charge in [0.2, 0.25) is 0 Å². The van der Waals surface area contributed by atoms with Gasteiger partial charge in [0.05, 0.1) is 23.0 Å². The second-order valence-electron chi connectivity index (χ2n) is 6.27. The predicted molar refractivity (Wildman–Crippen MR) is 91.4 cm³/mol. The van der Waals surface area contributed by atoms with Crippen molar-refractivity contribution in [2.24, 2.45) is 0 Å². The molecule has 3 unspecified atom stereocenters. The number of rotatable bonds is 4. The Kier molecular flexibility index (Phi) is 5.38. The highest BCUT2D eigenvalue weighted by atomic mass is 32.2. The molecule has 0 spiro atoms. The molecule has 0 aromatic carbocycles. The molecule has 2 saturated heterocycles. The van der Waals surface area contributed by atoms with Gasteiger partial charge in [0, 0.05) is 18.1 Å². The lowest BCUT2D eigenvalue weighted by Gasteiger charge is -2.37. The fourth-order valence-electron chi connectivity index (χ4n) is 3.08. The smallest absolute Gasteiger partial charge is 0.169 e. The molecule has 6 nitrogen and oxygen atoms in total. The van der Waals surface area contributed by atoms with Gasteiger partial charge in [-0.05, 0) is 38.4 Å². The van der Waals surface area contributed by atoms with Crippen molar-refractivity contribution < 1.29 is 16.8 Å². The van der Waals surface area contributed by atoms with E-state index in [1.54, 1.807) is 0 Å². The highest BCUT2D eigenvalue weighted by Crippen LogP contribution is 2.22. The number of nitrogens with one attached hydrogen (secondary N) is 1. The molecule has 0 bridgehead atoms. The van der Waals surface area contributed by atoms with Gasteiger partial charge < -0.3 is 10.2 Å². The lowest BCUT2D eigenvalue weighted by atomic mass is 10.1. The minimum Gasteiger partial charge on any atom is -0.359 e. The van der Waals surface area contributed by atoms with Crippen LogP contribution in [0.4, 0.5) is 0 Å². The van der Waals surface area contributed by atoms with E-state index in [2.05, 4.69) is 5.32 Å². The number of hydrogen-bond acceptors (Lipinski definition) is 5. The molecule has 2 rings (SSSR count). The summed E-state index contributed by atoms with van der Waals surface area (Å²) in [4.78, 5) is 1.96. The van der Waals surface area contributed by atoms with E-state index in [0.29, 0.717) is 18.0 Å². The molecule has 2 aliphatic rings. The maximum atomic E-state index is 11.7. The molecule has 0 aliphatic carbocycles. The molecule has 0 saturated carbocycles. The third-order valence-corrected chi connectivity index (χ3v) is 8.31. The van der Waals surface area contributed by atoms with E-state index in [9.17, 15) is 16.8 Å². The Balaban J connectivity index is 2.07. The summed E-state index contributed by atoms with van der Waals surface area (Å²) in [6.45, 7) is 4.05. The average molecular weight is 369 g/mol. The van der Waals surface area contributed by atoms with Crippen molar-refractivity contribution in [3.63, 3.8) is 0 Å². The Hall–Kier alpha value is -0.410. The van der Waals surface area contributed by atoms with Gasteiger partial charge in [-0.3, -0.25) is 0 Å². The molecule has 0 amide bonds. The first-order valence-corrected chi connectivity index (χ1v) is 11.7. The van der Waals surface area contributed by atoms with Crippen LogP contribution in [0.25, 0.3) is 0 Å². The zero-order valence-electron chi connectivity index (χ0n) is 13.0. The lowest BCUT2D eigenvalue weighted by molar-refractivity contribution is 0.254. The summed E-state index contributed by atoms with van der Waals surface area (Å²) in [6, 6.07) is -0.156. The van der Waals surface area contributed by atoms with E-state index in [1.165, 1.54) is 0 Å². The Labute approximate surface area is 138 Å². The number of thiocarbonyl (C=S) groups is 1. The van der Waals surface area contributed by atoms with Crippen molar-refractivity contribution >= 4 is 37.0 Å². The maximum absolute atomic E-state index is 11.7. The van der Waals surface area contributed by atoms with E-state index >= 15 is 0 Å². The summed E-state index contributed by atoms with van der Waals surface area (Å²) >= 11 is 5.47. The van der Waals surface area contributed by atoms with Crippen molar-refractivity contribution in [2.75, 3.05) is 23.0 Å². The number of nitrogens with zero attached hydrogens (tertiary/aromatic N) is 1. The fraction of sp³-hybridized carbons (Fsp3) is 0.923. The Morgan fingerprint density at radius 3 is 2.23 bits per heavy atom. The average Bonchev–Trinajstić information content (AvgIpc) is 2.92. The van der Waals surface area contributed by atoms with E-state index in [0.717, 1.165) is 6.42 Å². The fourth-order valence-corrected chi connectivity index (χ4v) is 6.96. The minimum absolute atomic E-state index is 0.102. The van der Waals surface area contributed by atoms with Gasteiger partial charge in [-0.25, -0.2) is 16.8 Å². The van der Waals surface area contributed by atoms with Crippen LogP contribution in [0.1, 0.15) is 33.1 Å². The van der Waals surface area contributed by atoms with E-state index < -0.39 is 19.7 Å². The summed E-state index contributed by atoms with van der Waals surface area (Å²) in [5, 5.41) is 3.62. The largest absolute Gasteiger partial charge is 0.359 e. The molecule has 0 radical (unpaired) electrons. The first-order chi connectivity index (χ1) is 10.1. The molecule has 2 fully saturated rings. The molecule has 0 aromatic heterocycles. The highest BCUT2D eigenvalue weighted by Gasteiger charge is 2.36. The second-order valence-corrected chi connectivity index (χ2v) is 11.1. The standard InChI is InChI=1S/C13H24N2O4S3/c1-3-10(2)15(12-5-7-22(18,19)9-12)13(20)14-11-4-6-21(16,17)8-11/h10-12H,3-9H2,1-2H3,(H,14,20). The Morgan fingerprint density at radius 2 is 1.77 bits per heavy atom. The number of sulfone groups is 2. The van der Waals surface area contributed by atoms with Gasteiger partial charge in [0.25, 0.3) is 0 Å². The van der Waals surface area contributed by atoms with Crippen molar-refractivity contribution in [2.45, 2.75) is 51.2 Å². The first-order valence-electron chi connectivity index (χ1n) is 7.63. The normalized spacial score (nSPS) is 30.8. The Bertz CT molecular complexity index is 630. The summed E-state index contributed by atoms with van der Waals surface area (Å²) in [5.74, 6) is 0.617. The SMILES string of the molecule is CCC(C)N(C(=S)NC1CCS(=O)(=O)C1)C1CCS(=O)(=O)C1. The molecule has 2 aliphatic heterocycles. The molecule has 3 atom stereocenters. The van der Waals surface area contributed by atoms with Crippen LogP contribution in [0.5, 0.6) is 0 Å². The highest BCUT2D eigenvalue weighted by molar-refractivity contribution is 7.92. The summed E-state index contributed by atoms with van der Waals surface area (Å²) in [7, 11) is -5.95. The monoisotopic (exact) mass is 368 g/mol. The lowest BCUT2D eigenvalue weighted by Crippen LogP contribution is -2.53. The molecule has 22 heavy (non-hydrogen) atoms. The molecule has 2 heterocycles. The Morgan fingerprint density at radius 1 is 1.18 bits per heavy atom. The molecular weight excluding hydrogens is 344 g/mol. The van der Waals surface area contributed by atoms with Crippen LogP contribution < -0.4 is 5.32 Å². The van der Waals surface area contributed by atoms with Gasteiger partial charge in [0.15, 0.2) is 24.8 Å². The molecule has 128 valence electrons. The maximum Gasteiger partial charge on any atom is 0.169 e. The third-order valence-electron chi connectivity index (χ3n) is 4.46. The molecular formula is C13H24N2O4S3. The topological polar surface area (TPSA) is 83.6 Å². The van der Waals surface area contributed by atoms with Gasteiger partial charge in [-0.2, -0.15) is 0 Å². The van der Waals surface area contributed by atoms with Crippen LogP contribution in [-0.2, 0) is 19.7 Å². The summed E-state index contributed by atoms with van der Waals surface area (Å²) in [6.07, 6.45) is 1.98. The molecule has 9 heteroatoms. The van der Waals surface area contributed by atoms with Gasteiger partial charge in [-0.1, -0.05) is 6.92 Å². The quantitative estimate of drug-likeness (QED) is 0.716. The first kappa shape index (κ1) is 17.9. The molecule has 0 aromatic rings. The van der Waals surface area contributed by atoms with Crippen molar-refractivity contribution in [3.05, 3.63) is 0 Å². The zero-order chi connectivity index (χ0) is 16.5. The summed E-state index contributed by atoms with van der Waals surface area (Å²) in [5.41, 5.74) is 0. The predicted octanol–water partition coefficient (Wildman–Crippen LogP) is 0.336. The van der Waals surface area contributed by atoms with Crippen molar-refractivity contribution in [1.82, 2.24) is 10.2 Å². The van der Waals surface area contributed by atoms with E-state index in [1.807, 2.05) is 18.7 Å². The van der Waals surface area contributed by atoms with Crippen LogP contribution in [0, 0.1) is 0 Å². The number of hydrogen-bond donors (Lipinski definition) is 1. The van der Waals surface area contributed by atoms with Gasteiger partial charge >= 0.3 is 0 Å². The van der Waals surface area contributed by atoms with E-state index in [-0.39, 0.29) is 41.1 Å². The van der Waals surface area contributed by atoms with Crippen LogP contribution >= 0.6 is 12.2 Å². The third kappa shape index (κ3) is 4.32. The second kappa shape index (κ2) is 6.60. The van der Waals surface area contributed by atoms with E-state index in [4.69, 9.17) is 12.2 Å². The zero-order valence-corrected chi connectivity index (χ0v) is 15.4. The van der Waals surface area contributed by atoms with Crippen LogP contribution in [0.2, 0.25) is 0 Å². The summed E-state index contributed by atoms with van der Waals surface area (Å²) < 4.78 is 46.6. The van der Waals surface area contributed by atoms with Crippen LogP contribution in [0.15, 0.2) is 0 Å². The molecule has 1 N–H and O–H groups in total. The van der Waals surface area contributed by atoms with Gasteiger partial charge in [-0.15, -0.1) is 0 Å².